The minimum Gasteiger partial charge on any atom is -0.336 e. The van der Waals surface area contributed by atoms with Crippen molar-refractivity contribution < 1.29 is 4.79 Å². The number of carbonyl (C=O) groups is 1. The molecule has 1 unspecified atom stereocenters. The Bertz CT molecular complexity index is 461. The highest BCUT2D eigenvalue weighted by Gasteiger charge is 2.27. The van der Waals surface area contributed by atoms with Crippen molar-refractivity contribution >= 4 is 33.4 Å². The number of carbonyl (C=O) groups excluding carboxylic acids is 1. The lowest BCUT2D eigenvalue weighted by Crippen LogP contribution is -2.44. The molecule has 1 heterocycles. The molecule has 1 aliphatic rings. The number of rotatable bonds is 3. The highest BCUT2D eigenvalue weighted by atomic mass is 79.9. The topological polar surface area (TPSA) is 20.3 Å². The van der Waals surface area contributed by atoms with E-state index in [2.05, 4.69) is 15.9 Å². The number of alkyl halides is 1. The van der Waals surface area contributed by atoms with E-state index < -0.39 is 0 Å². The molecular formula is C15H19BrClNO. The predicted octanol–water partition coefficient (Wildman–Crippen LogP) is 4.43. The van der Waals surface area contributed by atoms with Crippen LogP contribution in [0.1, 0.15) is 41.6 Å². The second kappa shape index (κ2) is 6.76. The number of likely N-dealkylation sites (tertiary alicyclic amines) is 1. The quantitative estimate of drug-likeness (QED) is 0.743. The Kier molecular flexibility index (Phi) is 5.28. The van der Waals surface area contributed by atoms with E-state index in [-0.39, 0.29) is 5.91 Å². The SMILES string of the molecule is Cc1ccc(C(=O)N2CCCCC2CCBr)c(Cl)c1. The van der Waals surface area contributed by atoms with Crippen LogP contribution in [0, 0.1) is 6.92 Å². The Morgan fingerprint density at radius 3 is 2.95 bits per heavy atom. The second-order valence-corrected chi connectivity index (χ2v) is 6.31. The van der Waals surface area contributed by atoms with Crippen LogP contribution in [-0.4, -0.2) is 28.7 Å². The normalized spacial score (nSPS) is 19.5. The van der Waals surface area contributed by atoms with Crippen molar-refractivity contribution in [2.45, 2.75) is 38.6 Å². The molecular weight excluding hydrogens is 326 g/mol. The number of benzene rings is 1. The highest BCUT2D eigenvalue weighted by Crippen LogP contribution is 2.25. The van der Waals surface area contributed by atoms with Gasteiger partial charge in [-0.3, -0.25) is 4.79 Å². The molecule has 1 saturated heterocycles. The van der Waals surface area contributed by atoms with Gasteiger partial charge in [0.05, 0.1) is 10.6 Å². The fourth-order valence-corrected chi connectivity index (χ4v) is 3.49. The second-order valence-electron chi connectivity index (χ2n) is 5.11. The average Bonchev–Trinajstić information content (AvgIpc) is 2.39. The van der Waals surface area contributed by atoms with Gasteiger partial charge in [0.2, 0.25) is 0 Å². The standard InChI is InChI=1S/C15H19BrClNO/c1-11-5-6-13(14(17)10-11)15(19)18-9-3-2-4-12(18)7-8-16/h5-6,10,12H,2-4,7-9H2,1H3. The molecule has 0 N–H and O–H groups in total. The zero-order chi connectivity index (χ0) is 13.8. The smallest absolute Gasteiger partial charge is 0.255 e. The van der Waals surface area contributed by atoms with E-state index in [1.54, 1.807) is 0 Å². The van der Waals surface area contributed by atoms with Gasteiger partial charge < -0.3 is 4.90 Å². The number of halogens is 2. The summed E-state index contributed by atoms with van der Waals surface area (Å²) < 4.78 is 0. The van der Waals surface area contributed by atoms with Crippen molar-refractivity contribution in [2.24, 2.45) is 0 Å². The third-order valence-electron chi connectivity index (χ3n) is 3.69. The molecule has 1 atom stereocenters. The first-order valence-corrected chi connectivity index (χ1v) is 8.26. The number of piperidine rings is 1. The minimum absolute atomic E-state index is 0.0793. The summed E-state index contributed by atoms with van der Waals surface area (Å²) in [4.78, 5) is 14.6. The first-order valence-electron chi connectivity index (χ1n) is 6.76. The van der Waals surface area contributed by atoms with Crippen LogP contribution in [-0.2, 0) is 0 Å². The Morgan fingerprint density at radius 1 is 1.47 bits per heavy atom. The van der Waals surface area contributed by atoms with Gasteiger partial charge >= 0.3 is 0 Å². The Labute approximate surface area is 128 Å². The van der Waals surface area contributed by atoms with Crippen LogP contribution in [0.5, 0.6) is 0 Å². The maximum absolute atomic E-state index is 12.6. The van der Waals surface area contributed by atoms with Crippen LogP contribution < -0.4 is 0 Å². The zero-order valence-corrected chi connectivity index (χ0v) is 13.5. The summed E-state index contributed by atoms with van der Waals surface area (Å²) in [5.41, 5.74) is 1.71. The Morgan fingerprint density at radius 2 is 2.26 bits per heavy atom. The van der Waals surface area contributed by atoms with Gasteiger partial charge in [-0.25, -0.2) is 0 Å². The molecule has 4 heteroatoms. The summed E-state index contributed by atoms with van der Waals surface area (Å²) in [5.74, 6) is 0.0793. The zero-order valence-electron chi connectivity index (χ0n) is 11.2. The molecule has 1 aromatic carbocycles. The molecule has 0 aliphatic carbocycles. The summed E-state index contributed by atoms with van der Waals surface area (Å²) in [6, 6.07) is 6.00. The van der Waals surface area contributed by atoms with Crippen molar-refractivity contribution in [2.75, 3.05) is 11.9 Å². The molecule has 0 bridgehead atoms. The van der Waals surface area contributed by atoms with Gasteiger partial charge in [0.1, 0.15) is 0 Å². The summed E-state index contributed by atoms with van der Waals surface area (Å²) in [6.45, 7) is 2.83. The van der Waals surface area contributed by atoms with Crippen LogP contribution in [0.3, 0.4) is 0 Å². The number of aryl methyl sites for hydroxylation is 1. The maximum atomic E-state index is 12.6. The van der Waals surface area contributed by atoms with Gasteiger partial charge in [-0.05, 0) is 50.3 Å². The van der Waals surface area contributed by atoms with Gasteiger partial charge in [-0.15, -0.1) is 0 Å². The van der Waals surface area contributed by atoms with E-state index in [4.69, 9.17) is 11.6 Å². The number of amides is 1. The number of nitrogens with zero attached hydrogens (tertiary/aromatic N) is 1. The highest BCUT2D eigenvalue weighted by molar-refractivity contribution is 9.09. The molecule has 0 radical (unpaired) electrons. The molecule has 0 aromatic heterocycles. The lowest BCUT2D eigenvalue weighted by atomic mass is 9.98. The van der Waals surface area contributed by atoms with Gasteiger partial charge in [0, 0.05) is 17.9 Å². The van der Waals surface area contributed by atoms with E-state index in [1.807, 2.05) is 30.0 Å². The first kappa shape index (κ1) is 14.9. The predicted molar refractivity (Wildman–Crippen MR) is 83.3 cm³/mol. The Balaban J connectivity index is 2.21. The van der Waals surface area contributed by atoms with Crippen molar-refractivity contribution in [1.82, 2.24) is 4.90 Å². The van der Waals surface area contributed by atoms with Gasteiger partial charge in [0.25, 0.3) is 5.91 Å². The fourth-order valence-electron chi connectivity index (χ4n) is 2.64. The molecule has 0 spiro atoms. The summed E-state index contributed by atoms with van der Waals surface area (Å²) in [5, 5.41) is 1.50. The van der Waals surface area contributed by atoms with Crippen LogP contribution in [0.25, 0.3) is 0 Å². The van der Waals surface area contributed by atoms with Gasteiger partial charge in [0.15, 0.2) is 0 Å². The third-order valence-corrected chi connectivity index (χ3v) is 4.46. The van der Waals surface area contributed by atoms with Crippen LogP contribution in [0.15, 0.2) is 18.2 Å². The van der Waals surface area contributed by atoms with Crippen molar-refractivity contribution in [3.05, 3.63) is 34.3 Å². The molecule has 1 aliphatic heterocycles. The van der Waals surface area contributed by atoms with Gasteiger partial charge in [-0.1, -0.05) is 33.6 Å². The molecule has 0 saturated carbocycles. The molecule has 1 amide bonds. The molecule has 104 valence electrons. The van der Waals surface area contributed by atoms with E-state index in [9.17, 15) is 4.79 Å². The lowest BCUT2D eigenvalue weighted by Gasteiger charge is -2.36. The molecule has 2 nitrogen and oxygen atoms in total. The summed E-state index contributed by atoms with van der Waals surface area (Å²) >= 11 is 9.69. The lowest BCUT2D eigenvalue weighted by molar-refractivity contribution is 0.0610. The first-order chi connectivity index (χ1) is 9.13. The van der Waals surface area contributed by atoms with E-state index in [0.717, 1.165) is 36.7 Å². The largest absolute Gasteiger partial charge is 0.336 e. The molecule has 1 aromatic rings. The fraction of sp³-hybridized carbons (Fsp3) is 0.533. The summed E-state index contributed by atoms with van der Waals surface area (Å²) in [7, 11) is 0. The van der Waals surface area contributed by atoms with Crippen molar-refractivity contribution in [3.8, 4) is 0 Å². The van der Waals surface area contributed by atoms with Gasteiger partial charge in [-0.2, -0.15) is 0 Å². The van der Waals surface area contributed by atoms with E-state index in [0.29, 0.717) is 16.6 Å². The van der Waals surface area contributed by atoms with Crippen LogP contribution in [0.2, 0.25) is 5.02 Å². The monoisotopic (exact) mass is 343 g/mol. The van der Waals surface area contributed by atoms with E-state index >= 15 is 0 Å². The number of hydrogen-bond donors (Lipinski definition) is 0. The van der Waals surface area contributed by atoms with Crippen molar-refractivity contribution in [1.29, 1.82) is 0 Å². The Hall–Kier alpha value is -0.540. The summed E-state index contributed by atoms with van der Waals surface area (Å²) in [6.07, 6.45) is 4.41. The average molecular weight is 345 g/mol. The minimum atomic E-state index is 0.0793. The third kappa shape index (κ3) is 3.51. The molecule has 2 rings (SSSR count). The number of hydrogen-bond acceptors (Lipinski definition) is 1. The van der Waals surface area contributed by atoms with E-state index in [1.165, 1.54) is 6.42 Å². The van der Waals surface area contributed by atoms with Crippen molar-refractivity contribution in [3.63, 3.8) is 0 Å². The van der Waals surface area contributed by atoms with Crippen LogP contribution >= 0.6 is 27.5 Å². The van der Waals surface area contributed by atoms with Crippen LogP contribution in [0.4, 0.5) is 0 Å². The molecule has 1 fully saturated rings. The molecule has 19 heavy (non-hydrogen) atoms. The maximum Gasteiger partial charge on any atom is 0.255 e.